The monoisotopic (exact) mass is 351 g/mol. The van der Waals surface area contributed by atoms with Crippen LogP contribution in [-0.4, -0.2) is 27.2 Å². The van der Waals surface area contributed by atoms with Gasteiger partial charge < -0.3 is 9.30 Å². The van der Waals surface area contributed by atoms with Gasteiger partial charge in [-0.05, 0) is 37.3 Å². The normalized spacial score (nSPS) is 15.6. The number of hydrogen-bond acceptors (Lipinski definition) is 3. The molecule has 26 heavy (non-hydrogen) atoms. The van der Waals surface area contributed by atoms with Crippen molar-refractivity contribution in [3.05, 3.63) is 69.7 Å². The first-order valence-electron chi connectivity index (χ1n) is 9.41. The van der Waals surface area contributed by atoms with Crippen LogP contribution in [0.2, 0.25) is 0 Å². The quantitative estimate of drug-likeness (QED) is 0.724. The Hall–Kier alpha value is -2.40. The molecule has 0 spiro atoms. The van der Waals surface area contributed by atoms with Gasteiger partial charge in [-0.3, -0.25) is 9.20 Å². The summed E-state index contributed by atoms with van der Waals surface area (Å²) in [6.07, 6.45) is 6.68. The fraction of sp³-hybridized carbons (Fsp3) is 0.429. The molecule has 1 aliphatic heterocycles. The maximum absolute atomic E-state index is 13.1. The molecule has 1 saturated heterocycles. The summed E-state index contributed by atoms with van der Waals surface area (Å²) in [7, 11) is 0. The molecule has 0 atom stereocenters. The summed E-state index contributed by atoms with van der Waals surface area (Å²) in [6.45, 7) is 6.29. The van der Waals surface area contributed by atoms with Crippen LogP contribution >= 0.6 is 0 Å². The van der Waals surface area contributed by atoms with Gasteiger partial charge >= 0.3 is 0 Å². The molecule has 2 aromatic heterocycles. The maximum Gasteiger partial charge on any atom is 0.276 e. The minimum atomic E-state index is 0.0294. The van der Waals surface area contributed by atoms with E-state index in [1.54, 1.807) is 6.20 Å². The molecular weight excluding hydrogens is 326 g/mol. The number of aromatic nitrogens is 3. The topological polar surface area (TPSA) is 48.5 Å². The minimum absolute atomic E-state index is 0.0294. The number of benzene rings is 1. The SMILES string of the molecule is CCc1ccccc1Cn1c(C)cn2c(C3CCOCC3)ncc2c1=O. The van der Waals surface area contributed by atoms with Crippen LogP contribution in [0.25, 0.3) is 5.52 Å². The van der Waals surface area contributed by atoms with Gasteiger partial charge in [0.05, 0.1) is 12.7 Å². The van der Waals surface area contributed by atoms with Gasteiger partial charge in [-0.1, -0.05) is 31.2 Å². The van der Waals surface area contributed by atoms with E-state index in [1.165, 1.54) is 11.1 Å². The average Bonchev–Trinajstić information content (AvgIpc) is 3.10. The Balaban J connectivity index is 1.76. The summed E-state index contributed by atoms with van der Waals surface area (Å²) < 4.78 is 9.32. The lowest BCUT2D eigenvalue weighted by atomic mass is 10.00. The van der Waals surface area contributed by atoms with E-state index in [-0.39, 0.29) is 5.56 Å². The molecule has 0 N–H and O–H groups in total. The highest BCUT2D eigenvalue weighted by Crippen LogP contribution is 2.26. The van der Waals surface area contributed by atoms with E-state index in [1.807, 2.05) is 22.0 Å². The molecule has 0 unspecified atom stereocenters. The second-order valence-corrected chi connectivity index (χ2v) is 7.04. The predicted octanol–water partition coefficient (Wildman–Crippen LogP) is 3.31. The van der Waals surface area contributed by atoms with E-state index in [2.05, 4.69) is 36.3 Å². The highest BCUT2D eigenvalue weighted by molar-refractivity contribution is 5.45. The number of imidazole rings is 1. The zero-order valence-corrected chi connectivity index (χ0v) is 15.4. The van der Waals surface area contributed by atoms with E-state index < -0.39 is 0 Å². The molecule has 0 bridgehead atoms. The van der Waals surface area contributed by atoms with Crippen molar-refractivity contribution in [2.75, 3.05) is 13.2 Å². The molecule has 0 radical (unpaired) electrons. The van der Waals surface area contributed by atoms with Crippen LogP contribution in [0.5, 0.6) is 0 Å². The largest absolute Gasteiger partial charge is 0.381 e. The molecule has 0 aliphatic carbocycles. The first kappa shape index (κ1) is 17.0. The van der Waals surface area contributed by atoms with Gasteiger partial charge in [0.1, 0.15) is 11.3 Å². The Kier molecular flexibility index (Phi) is 4.64. The molecule has 5 nitrogen and oxygen atoms in total. The number of fused-ring (bicyclic) bond motifs is 1. The predicted molar refractivity (Wildman–Crippen MR) is 102 cm³/mol. The number of aryl methyl sites for hydroxylation is 2. The van der Waals surface area contributed by atoms with E-state index in [0.29, 0.717) is 18.0 Å². The minimum Gasteiger partial charge on any atom is -0.381 e. The van der Waals surface area contributed by atoms with Crippen LogP contribution in [0.4, 0.5) is 0 Å². The van der Waals surface area contributed by atoms with Crippen molar-refractivity contribution in [1.29, 1.82) is 0 Å². The Morgan fingerprint density at radius 3 is 2.65 bits per heavy atom. The van der Waals surface area contributed by atoms with E-state index in [0.717, 1.165) is 44.0 Å². The van der Waals surface area contributed by atoms with Crippen molar-refractivity contribution in [1.82, 2.24) is 14.0 Å². The molecule has 3 heterocycles. The van der Waals surface area contributed by atoms with E-state index >= 15 is 0 Å². The van der Waals surface area contributed by atoms with Gasteiger partial charge in [-0.15, -0.1) is 0 Å². The molecule has 1 aliphatic rings. The lowest BCUT2D eigenvalue weighted by Crippen LogP contribution is -2.26. The summed E-state index contributed by atoms with van der Waals surface area (Å²) in [5, 5.41) is 0. The molecule has 0 saturated carbocycles. The van der Waals surface area contributed by atoms with Crippen molar-refractivity contribution in [2.24, 2.45) is 0 Å². The van der Waals surface area contributed by atoms with Crippen LogP contribution < -0.4 is 5.56 Å². The second-order valence-electron chi connectivity index (χ2n) is 7.04. The van der Waals surface area contributed by atoms with Crippen LogP contribution in [0.15, 0.2) is 41.5 Å². The van der Waals surface area contributed by atoms with Crippen LogP contribution in [0.1, 0.15) is 48.3 Å². The summed E-state index contributed by atoms with van der Waals surface area (Å²) in [6, 6.07) is 8.34. The van der Waals surface area contributed by atoms with Gasteiger partial charge in [0.2, 0.25) is 0 Å². The fourth-order valence-electron chi connectivity index (χ4n) is 3.91. The van der Waals surface area contributed by atoms with Crippen LogP contribution in [0, 0.1) is 6.92 Å². The van der Waals surface area contributed by atoms with Crippen LogP contribution in [0.3, 0.4) is 0 Å². The smallest absolute Gasteiger partial charge is 0.276 e. The number of nitrogens with zero attached hydrogens (tertiary/aromatic N) is 3. The third kappa shape index (κ3) is 2.97. The summed E-state index contributed by atoms with van der Waals surface area (Å²) in [5.41, 5.74) is 4.14. The van der Waals surface area contributed by atoms with Gasteiger partial charge in [0.25, 0.3) is 5.56 Å². The first-order valence-corrected chi connectivity index (χ1v) is 9.41. The van der Waals surface area contributed by atoms with E-state index in [4.69, 9.17) is 4.74 Å². The molecule has 3 aromatic rings. The van der Waals surface area contributed by atoms with Gasteiger partial charge in [-0.2, -0.15) is 0 Å². The van der Waals surface area contributed by atoms with Gasteiger partial charge in [0, 0.05) is 31.0 Å². The molecule has 136 valence electrons. The first-order chi connectivity index (χ1) is 12.7. The molecule has 0 amide bonds. The van der Waals surface area contributed by atoms with Crippen LogP contribution in [-0.2, 0) is 17.7 Å². The molecule has 1 fully saturated rings. The molecular formula is C21H25N3O2. The number of hydrogen-bond donors (Lipinski definition) is 0. The lowest BCUT2D eigenvalue weighted by Gasteiger charge is -2.21. The Bertz CT molecular complexity index is 981. The van der Waals surface area contributed by atoms with Gasteiger partial charge in [0.15, 0.2) is 0 Å². The zero-order chi connectivity index (χ0) is 18.1. The third-order valence-corrected chi connectivity index (χ3v) is 5.45. The van der Waals surface area contributed by atoms with Crippen molar-refractivity contribution in [3.63, 3.8) is 0 Å². The number of ether oxygens (including phenoxy) is 1. The van der Waals surface area contributed by atoms with Crippen molar-refractivity contribution >= 4 is 5.52 Å². The van der Waals surface area contributed by atoms with E-state index in [9.17, 15) is 4.79 Å². The van der Waals surface area contributed by atoms with Crippen molar-refractivity contribution < 1.29 is 4.74 Å². The Morgan fingerprint density at radius 1 is 1.19 bits per heavy atom. The highest BCUT2D eigenvalue weighted by atomic mass is 16.5. The summed E-state index contributed by atoms with van der Waals surface area (Å²) in [5.74, 6) is 1.35. The molecule has 1 aromatic carbocycles. The second kappa shape index (κ2) is 7.08. The average molecular weight is 351 g/mol. The summed E-state index contributed by atoms with van der Waals surface area (Å²) >= 11 is 0. The van der Waals surface area contributed by atoms with Crippen molar-refractivity contribution in [2.45, 2.75) is 45.6 Å². The molecule has 4 rings (SSSR count). The van der Waals surface area contributed by atoms with Gasteiger partial charge in [-0.25, -0.2) is 4.98 Å². The van der Waals surface area contributed by atoms with Crippen molar-refractivity contribution in [3.8, 4) is 0 Å². The lowest BCUT2D eigenvalue weighted by molar-refractivity contribution is 0.0835. The third-order valence-electron chi connectivity index (χ3n) is 5.45. The maximum atomic E-state index is 13.1. The standard InChI is InChI=1S/C21H25N3O2/c1-3-16-6-4-5-7-18(16)14-23-15(2)13-24-19(21(23)25)12-22-20(24)17-8-10-26-11-9-17/h4-7,12-13,17H,3,8-11,14H2,1-2H3. The Labute approximate surface area is 153 Å². The molecule has 5 heteroatoms. The fourth-order valence-corrected chi connectivity index (χ4v) is 3.91. The zero-order valence-electron chi connectivity index (χ0n) is 15.4. The number of rotatable bonds is 4. The Morgan fingerprint density at radius 2 is 1.92 bits per heavy atom. The summed E-state index contributed by atoms with van der Waals surface area (Å²) in [4.78, 5) is 17.7. The highest BCUT2D eigenvalue weighted by Gasteiger charge is 2.22.